The number of anilines is 1. The normalized spacial score (nSPS) is 29.0. The van der Waals surface area contributed by atoms with Crippen molar-refractivity contribution in [2.24, 2.45) is 0 Å². The van der Waals surface area contributed by atoms with E-state index in [1.54, 1.807) is 29.9 Å². The third-order valence-corrected chi connectivity index (χ3v) is 5.62. The topological polar surface area (TPSA) is 70.2 Å². The highest BCUT2D eigenvalue weighted by Gasteiger charge is 2.60. The van der Waals surface area contributed by atoms with E-state index in [2.05, 4.69) is 0 Å². The number of imide groups is 1. The molecule has 0 N–H and O–H groups in total. The lowest BCUT2D eigenvalue weighted by molar-refractivity contribution is -0.136. The molecule has 0 saturated carbocycles. The van der Waals surface area contributed by atoms with E-state index in [1.165, 1.54) is 4.90 Å². The Bertz CT molecular complexity index is 764. The fourth-order valence-corrected chi connectivity index (χ4v) is 4.24. The largest absolute Gasteiger partial charge is 0.495 e. The number of rotatable bonds is 3. The van der Waals surface area contributed by atoms with Gasteiger partial charge in [0.1, 0.15) is 17.3 Å². The van der Waals surface area contributed by atoms with Gasteiger partial charge in [0, 0.05) is 13.1 Å². The van der Waals surface area contributed by atoms with Gasteiger partial charge in [0.2, 0.25) is 0 Å². The van der Waals surface area contributed by atoms with Gasteiger partial charge in [-0.15, -0.1) is 0 Å². The van der Waals surface area contributed by atoms with Crippen LogP contribution in [0.1, 0.15) is 26.2 Å². The van der Waals surface area contributed by atoms with Gasteiger partial charge in [0.25, 0.3) is 11.8 Å². The first kappa shape index (κ1) is 15.9. The van der Waals surface area contributed by atoms with Crippen LogP contribution in [0.4, 0.5) is 10.5 Å². The molecule has 3 aliphatic rings. The first-order valence-electron chi connectivity index (χ1n) is 8.58. The van der Waals surface area contributed by atoms with Crippen LogP contribution in [0.25, 0.3) is 0 Å². The number of carbonyl (C=O) groups is 3. The molecule has 3 fully saturated rings. The maximum atomic E-state index is 13.0. The molecule has 0 aromatic heterocycles. The van der Waals surface area contributed by atoms with E-state index in [0.29, 0.717) is 37.4 Å². The summed E-state index contributed by atoms with van der Waals surface area (Å²) in [7, 11) is 1.56. The smallest absolute Gasteiger partial charge is 0.328 e. The van der Waals surface area contributed by atoms with Crippen LogP contribution in [0.3, 0.4) is 0 Å². The number of urea groups is 1. The molecule has 3 aliphatic heterocycles. The van der Waals surface area contributed by atoms with Gasteiger partial charge in [-0.2, -0.15) is 0 Å². The van der Waals surface area contributed by atoms with Crippen molar-refractivity contribution in [3.05, 3.63) is 24.3 Å². The first-order valence-corrected chi connectivity index (χ1v) is 8.58. The molecule has 3 saturated heterocycles. The van der Waals surface area contributed by atoms with Crippen molar-refractivity contribution < 1.29 is 19.1 Å². The van der Waals surface area contributed by atoms with E-state index < -0.39 is 11.6 Å². The molecule has 2 atom stereocenters. The molecule has 0 bridgehead atoms. The molecule has 3 heterocycles. The third-order valence-electron chi connectivity index (χ3n) is 5.62. The van der Waals surface area contributed by atoms with Crippen molar-refractivity contribution in [2.75, 3.05) is 25.1 Å². The summed E-state index contributed by atoms with van der Waals surface area (Å²) >= 11 is 0. The Morgan fingerprint density at radius 1 is 1.16 bits per heavy atom. The Hall–Kier alpha value is -2.57. The minimum Gasteiger partial charge on any atom is -0.495 e. The average molecular weight is 343 g/mol. The van der Waals surface area contributed by atoms with Gasteiger partial charge in [-0.3, -0.25) is 9.59 Å². The summed E-state index contributed by atoms with van der Waals surface area (Å²) in [4.78, 5) is 43.0. The van der Waals surface area contributed by atoms with Gasteiger partial charge in [-0.05, 0) is 38.3 Å². The van der Waals surface area contributed by atoms with E-state index in [0.717, 1.165) is 6.42 Å². The maximum Gasteiger partial charge on any atom is 0.328 e. The second-order valence-electron chi connectivity index (χ2n) is 6.95. The molecule has 4 rings (SSSR count). The summed E-state index contributed by atoms with van der Waals surface area (Å²) in [6, 6.07) is 6.22. The lowest BCUT2D eigenvalue weighted by atomic mass is 9.99. The monoisotopic (exact) mass is 343 g/mol. The first-order chi connectivity index (χ1) is 12.0. The molecular formula is C18H21N3O4. The van der Waals surface area contributed by atoms with Crippen LogP contribution in [-0.4, -0.2) is 59.4 Å². The molecule has 132 valence electrons. The van der Waals surface area contributed by atoms with Crippen LogP contribution in [0.15, 0.2) is 24.3 Å². The van der Waals surface area contributed by atoms with Gasteiger partial charge in [-0.25, -0.2) is 9.69 Å². The van der Waals surface area contributed by atoms with Crippen molar-refractivity contribution in [2.45, 2.75) is 37.8 Å². The second kappa shape index (κ2) is 5.47. The highest BCUT2D eigenvalue weighted by Crippen LogP contribution is 2.40. The Kier molecular flexibility index (Phi) is 3.49. The Balaban J connectivity index is 1.63. The van der Waals surface area contributed by atoms with Crippen molar-refractivity contribution in [3.8, 4) is 5.75 Å². The molecule has 2 unspecified atom stereocenters. The van der Waals surface area contributed by atoms with E-state index in [-0.39, 0.29) is 17.8 Å². The highest BCUT2D eigenvalue weighted by atomic mass is 16.5. The number of nitrogens with zero attached hydrogens (tertiary/aromatic N) is 3. The number of benzene rings is 1. The molecule has 0 aliphatic carbocycles. The summed E-state index contributed by atoms with van der Waals surface area (Å²) < 4.78 is 5.34. The minimum absolute atomic E-state index is 0.226. The molecule has 4 amide bonds. The van der Waals surface area contributed by atoms with Crippen LogP contribution in [0, 0.1) is 0 Å². The summed E-state index contributed by atoms with van der Waals surface area (Å²) in [5.74, 6) is 0.134. The summed E-state index contributed by atoms with van der Waals surface area (Å²) in [6.07, 6.45) is 1.93. The standard InChI is InChI=1S/C18H21N3O4/c1-18-9-5-10-20(18)17(24)21(16(18)23)13-8-11-19(15(13)22)12-6-3-4-7-14(12)25-2/h3-4,6-7,13H,5,8-11H2,1-2H3. The summed E-state index contributed by atoms with van der Waals surface area (Å²) in [5, 5.41) is 0. The fourth-order valence-electron chi connectivity index (χ4n) is 4.24. The lowest BCUT2D eigenvalue weighted by Crippen LogP contribution is -2.47. The van der Waals surface area contributed by atoms with Crippen LogP contribution >= 0.6 is 0 Å². The van der Waals surface area contributed by atoms with Gasteiger partial charge in [0.15, 0.2) is 0 Å². The summed E-state index contributed by atoms with van der Waals surface area (Å²) in [5.41, 5.74) is -0.113. The van der Waals surface area contributed by atoms with Crippen LogP contribution < -0.4 is 9.64 Å². The SMILES string of the molecule is COc1ccccc1N1CCC(N2C(=O)N3CCCC3(C)C2=O)C1=O. The molecule has 25 heavy (non-hydrogen) atoms. The number of hydrogen-bond acceptors (Lipinski definition) is 4. The zero-order valence-corrected chi connectivity index (χ0v) is 14.4. The number of carbonyl (C=O) groups excluding carboxylic acids is 3. The van der Waals surface area contributed by atoms with E-state index in [9.17, 15) is 14.4 Å². The van der Waals surface area contributed by atoms with Crippen LogP contribution in [-0.2, 0) is 9.59 Å². The van der Waals surface area contributed by atoms with Crippen LogP contribution in [0.2, 0.25) is 0 Å². The second-order valence-corrected chi connectivity index (χ2v) is 6.95. The number of amides is 4. The number of hydrogen-bond donors (Lipinski definition) is 0. The predicted octanol–water partition coefficient (Wildman–Crippen LogP) is 1.62. The van der Waals surface area contributed by atoms with E-state index in [1.807, 2.05) is 18.2 Å². The average Bonchev–Trinajstić information content (AvgIpc) is 3.23. The van der Waals surface area contributed by atoms with Crippen molar-refractivity contribution in [1.29, 1.82) is 0 Å². The lowest BCUT2D eigenvalue weighted by Gasteiger charge is -2.23. The van der Waals surface area contributed by atoms with Crippen LogP contribution in [0.5, 0.6) is 5.75 Å². The van der Waals surface area contributed by atoms with Gasteiger partial charge in [0.05, 0.1) is 12.8 Å². The van der Waals surface area contributed by atoms with Crippen molar-refractivity contribution in [3.63, 3.8) is 0 Å². The zero-order valence-electron chi connectivity index (χ0n) is 14.4. The molecule has 1 aromatic rings. The molecule has 7 nitrogen and oxygen atoms in total. The van der Waals surface area contributed by atoms with E-state index in [4.69, 9.17) is 4.74 Å². The van der Waals surface area contributed by atoms with Crippen molar-refractivity contribution >= 4 is 23.5 Å². The fraction of sp³-hybridized carbons (Fsp3) is 0.500. The van der Waals surface area contributed by atoms with Crippen molar-refractivity contribution in [1.82, 2.24) is 9.80 Å². The summed E-state index contributed by atoms with van der Waals surface area (Å²) in [6.45, 7) is 2.84. The van der Waals surface area contributed by atoms with Gasteiger partial charge >= 0.3 is 6.03 Å². The number of fused-ring (bicyclic) bond motifs is 1. The number of para-hydroxylation sites is 2. The van der Waals surface area contributed by atoms with E-state index >= 15 is 0 Å². The molecule has 0 spiro atoms. The Labute approximate surface area is 146 Å². The maximum absolute atomic E-state index is 13.0. The molecule has 1 aromatic carbocycles. The Morgan fingerprint density at radius 3 is 2.64 bits per heavy atom. The van der Waals surface area contributed by atoms with Gasteiger partial charge < -0.3 is 14.5 Å². The quantitative estimate of drug-likeness (QED) is 0.782. The zero-order chi connectivity index (χ0) is 17.8. The third kappa shape index (κ3) is 2.08. The Morgan fingerprint density at radius 2 is 1.92 bits per heavy atom. The molecular weight excluding hydrogens is 322 g/mol. The molecule has 7 heteroatoms. The predicted molar refractivity (Wildman–Crippen MR) is 90.3 cm³/mol. The number of ether oxygens (including phenoxy) is 1. The highest BCUT2D eigenvalue weighted by molar-refractivity contribution is 6.12. The minimum atomic E-state index is -0.783. The molecule has 0 radical (unpaired) electrons. The van der Waals surface area contributed by atoms with Gasteiger partial charge in [-0.1, -0.05) is 12.1 Å². The number of methoxy groups -OCH3 is 1.